The van der Waals surface area contributed by atoms with Gasteiger partial charge >= 0.3 is 8.05 Å². The number of nitrogens with zero attached hydrogens (tertiary/aromatic N) is 1. The van der Waals surface area contributed by atoms with Crippen molar-refractivity contribution in [2.45, 2.75) is 51.9 Å². The van der Waals surface area contributed by atoms with Gasteiger partial charge in [-0.1, -0.05) is 43.5 Å². The van der Waals surface area contributed by atoms with Gasteiger partial charge in [-0.2, -0.15) is 0 Å². The molecule has 0 N–H and O–H groups in total. The van der Waals surface area contributed by atoms with Crippen LogP contribution in [0.1, 0.15) is 51.0 Å². The summed E-state index contributed by atoms with van der Waals surface area (Å²) in [6.07, 6.45) is 7.40. The van der Waals surface area contributed by atoms with Crippen LogP contribution >= 0.6 is 11.6 Å². The molecule has 1 saturated heterocycles. The Bertz CT molecular complexity index is 515. The second kappa shape index (κ2) is 10.9. The Labute approximate surface area is 158 Å². The van der Waals surface area contributed by atoms with Crippen molar-refractivity contribution in [3.63, 3.8) is 0 Å². The van der Waals surface area contributed by atoms with Gasteiger partial charge in [-0.25, -0.2) is 0 Å². The first-order chi connectivity index (χ1) is 12.1. The quantitative estimate of drug-likeness (QED) is 0.610. The van der Waals surface area contributed by atoms with E-state index in [4.69, 9.17) is 19.7 Å². The third-order valence-corrected chi connectivity index (χ3v) is 5.55. The van der Waals surface area contributed by atoms with E-state index in [0.717, 1.165) is 62.7 Å². The number of unbranched alkanes of at least 4 members (excludes halogenated alkanes) is 1. The van der Waals surface area contributed by atoms with Gasteiger partial charge in [0.25, 0.3) is 5.97 Å². The van der Waals surface area contributed by atoms with Crippen molar-refractivity contribution >= 4 is 25.6 Å². The molecule has 1 atom stereocenters. The van der Waals surface area contributed by atoms with Crippen molar-refractivity contribution in [2.75, 3.05) is 19.6 Å². The van der Waals surface area contributed by atoms with Crippen LogP contribution in [-0.2, 0) is 15.9 Å². The second-order valence-electron chi connectivity index (χ2n) is 7.18. The normalized spacial score (nSPS) is 17.4. The van der Waals surface area contributed by atoms with Crippen molar-refractivity contribution in [3.05, 3.63) is 34.9 Å². The number of benzene rings is 1. The van der Waals surface area contributed by atoms with Gasteiger partial charge in [-0.05, 0) is 75.4 Å². The predicted octanol–water partition coefficient (Wildman–Crippen LogP) is 4.42. The number of rotatable bonds is 9. The van der Waals surface area contributed by atoms with Gasteiger partial charge in [0.2, 0.25) is 0 Å². The van der Waals surface area contributed by atoms with Crippen molar-refractivity contribution in [1.82, 2.24) is 4.90 Å². The summed E-state index contributed by atoms with van der Waals surface area (Å²) in [6, 6.07) is 8.20. The lowest BCUT2D eigenvalue weighted by Gasteiger charge is -2.32. The molecule has 0 bridgehead atoms. The fourth-order valence-corrected chi connectivity index (χ4v) is 3.76. The summed E-state index contributed by atoms with van der Waals surface area (Å²) in [7, 11) is 5.08. The molecule has 0 amide bonds. The molecule has 0 aromatic heterocycles. The van der Waals surface area contributed by atoms with E-state index < -0.39 is 0 Å². The van der Waals surface area contributed by atoms with Gasteiger partial charge in [0.05, 0.1) is 5.92 Å². The van der Waals surface area contributed by atoms with E-state index in [2.05, 4.69) is 28.6 Å². The number of likely N-dealkylation sites (tertiary alicyclic amines) is 1. The monoisotopic (exact) mass is 361 g/mol. The molecular weight excluding hydrogens is 332 g/mol. The second-order valence-corrected chi connectivity index (χ2v) is 7.62. The van der Waals surface area contributed by atoms with Crippen LogP contribution in [0, 0.1) is 11.8 Å². The third kappa shape index (κ3) is 7.03. The van der Waals surface area contributed by atoms with E-state index in [1.807, 2.05) is 12.1 Å². The summed E-state index contributed by atoms with van der Waals surface area (Å²) in [5.74, 6) is 0.421. The van der Waals surface area contributed by atoms with E-state index >= 15 is 0 Å². The van der Waals surface area contributed by atoms with Crippen LogP contribution in [0.15, 0.2) is 24.3 Å². The molecule has 25 heavy (non-hydrogen) atoms. The fraction of sp³-hybridized carbons (Fsp3) is 0.650. The molecule has 1 aliphatic rings. The summed E-state index contributed by atoms with van der Waals surface area (Å²) >= 11 is 5.95. The molecule has 2 radical (unpaired) electrons. The summed E-state index contributed by atoms with van der Waals surface area (Å²) in [5.41, 5.74) is 1.37. The maximum Gasteiger partial charge on any atom is 0.378 e. The zero-order valence-corrected chi connectivity index (χ0v) is 16.0. The Morgan fingerprint density at radius 2 is 1.96 bits per heavy atom. The van der Waals surface area contributed by atoms with Crippen LogP contribution in [0.3, 0.4) is 0 Å². The minimum absolute atomic E-state index is 0.0586. The molecule has 5 heteroatoms. The predicted molar refractivity (Wildman–Crippen MR) is 104 cm³/mol. The first kappa shape index (κ1) is 20.3. The van der Waals surface area contributed by atoms with Crippen LogP contribution < -0.4 is 0 Å². The minimum Gasteiger partial charge on any atom is -0.543 e. The van der Waals surface area contributed by atoms with E-state index in [-0.39, 0.29) is 11.9 Å². The van der Waals surface area contributed by atoms with E-state index in [9.17, 15) is 4.79 Å². The average molecular weight is 362 g/mol. The molecule has 2 rings (SSSR count). The first-order valence-corrected chi connectivity index (χ1v) is 9.87. The lowest BCUT2D eigenvalue weighted by atomic mass is 9.89. The first-order valence-electron chi connectivity index (χ1n) is 9.49. The van der Waals surface area contributed by atoms with Crippen LogP contribution in [-0.4, -0.2) is 38.6 Å². The zero-order valence-electron chi connectivity index (χ0n) is 15.3. The Balaban J connectivity index is 1.71. The molecular formula is C20H29BClNO2. The van der Waals surface area contributed by atoms with Gasteiger partial charge < -0.3 is 9.55 Å². The standard InChI is InChI=1S/C20H29BClNO2/c1-2-3-4-18(20(24)25-21)11-14-23-12-9-17(10-13-23)15-16-5-7-19(22)8-6-16/h5-8,17-18H,2-4,9-15H2,1H3. The molecule has 1 fully saturated rings. The number of carbonyl (C=O) groups excluding carboxylic acids is 1. The van der Waals surface area contributed by atoms with Crippen LogP contribution in [0.5, 0.6) is 0 Å². The maximum absolute atomic E-state index is 11.8. The molecule has 0 saturated carbocycles. The Hall–Kier alpha value is -0.995. The van der Waals surface area contributed by atoms with Gasteiger partial charge in [0.15, 0.2) is 0 Å². The third-order valence-electron chi connectivity index (χ3n) is 5.29. The van der Waals surface area contributed by atoms with Crippen LogP contribution in [0.4, 0.5) is 0 Å². The maximum atomic E-state index is 11.8. The molecule has 0 spiro atoms. The summed E-state index contributed by atoms with van der Waals surface area (Å²) in [5, 5.41) is 0.798. The lowest BCUT2D eigenvalue weighted by molar-refractivity contribution is -0.139. The molecule has 136 valence electrons. The van der Waals surface area contributed by atoms with Gasteiger partial charge in [0.1, 0.15) is 0 Å². The summed E-state index contributed by atoms with van der Waals surface area (Å²) < 4.78 is 4.47. The van der Waals surface area contributed by atoms with Gasteiger partial charge in [-0.15, -0.1) is 0 Å². The summed E-state index contributed by atoms with van der Waals surface area (Å²) in [4.78, 5) is 14.3. The van der Waals surface area contributed by atoms with E-state index in [1.54, 1.807) is 0 Å². The van der Waals surface area contributed by atoms with Crippen LogP contribution in [0.2, 0.25) is 5.02 Å². The SMILES string of the molecule is [B]OC(=O)C(CCCC)CCN1CCC(Cc2ccc(Cl)cc2)CC1. The zero-order chi connectivity index (χ0) is 18.1. The van der Waals surface area contributed by atoms with Crippen molar-refractivity contribution in [2.24, 2.45) is 11.8 Å². The highest BCUT2D eigenvalue weighted by Gasteiger charge is 2.23. The topological polar surface area (TPSA) is 29.5 Å². The number of halogens is 1. The van der Waals surface area contributed by atoms with Gasteiger partial charge in [-0.3, -0.25) is 4.79 Å². The van der Waals surface area contributed by atoms with Crippen LogP contribution in [0.25, 0.3) is 0 Å². The highest BCUT2D eigenvalue weighted by atomic mass is 35.5. The largest absolute Gasteiger partial charge is 0.543 e. The van der Waals surface area contributed by atoms with Crippen molar-refractivity contribution in [1.29, 1.82) is 0 Å². The highest BCUT2D eigenvalue weighted by molar-refractivity contribution is 6.30. The molecule has 1 aliphatic heterocycles. The lowest BCUT2D eigenvalue weighted by Crippen LogP contribution is -2.36. The smallest absolute Gasteiger partial charge is 0.378 e. The molecule has 1 heterocycles. The van der Waals surface area contributed by atoms with E-state index in [0.29, 0.717) is 0 Å². The Morgan fingerprint density at radius 1 is 1.28 bits per heavy atom. The number of hydrogen-bond donors (Lipinski definition) is 0. The minimum atomic E-state index is -0.258. The van der Waals surface area contributed by atoms with Gasteiger partial charge in [0, 0.05) is 5.02 Å². The molecule has 0 aliphatic carbocycles. The highest BCUT2D eigenvalue weighted by Crippen LogP contribution is 2.24. The number of piperidine rings is 1. The number of hydrogen-bond acceptors (Lipinski definition) is 3. The number of carbonyl (C=O) groups is 1. The summed E-state index contributed by atoms with van der Waals surface area (Å²) in [6.45, 7) is 5.31. The average Bonchev–Trinajstić information content (AvgIpc) is 2.64. The Kier molecular flexibility index (Phi) is 8.84. The molecule has 1 aromatic carbocycles. The molecule has 1 aromatic rings. The Morgan fingerprint density at radius 3 is 2.56 bits per heavy atom. The van der Waals surface area contributed by atoms with E-state index in [1.165, 1.54) is 18.4 Å². The molecule has 3 nitrogen and oxygen atoms in total. The molecule has 1 unspecified atom stereocenters. The van der Waals surface area contributed by atoms with Crippen molar-refractivity contribution in [3.8, 4) is 0 Å². The van der Waals surface area contributed by atoms with Crippen molar-refractivity contribution < 1.29 is 9.45 Å². The fourth-order valence-electron chi connectivity index (χ4n) is 3.63.